The predicted octanol–water partition coefficient (Wildman–Crippen LogP) is 2.82. The third-order valence-electron chi connectivity index (χ3n) is 3.86. The van der Waals surface area contributed by atoms with E-state index in [1.54, 1.807) is 13.1 Å². The van der Waals surface area contributed by atoms with E-state index in [-0.39, 0.29) is 5.69 Å². The molecule has 6 nitrogen and oxygen atoms in total. The summed E-state index contributed by atoms with van der Waals surface area (Å²) in [6.45, 7) is 4.22. The minimum Gasteiger partial charge on any atom is -0.488 e. The lowest BCUT2D eigenvalue weighted by molar-refractivity contribution is 0.302. The lowest BCUT2D eigenvalue weighted by atomic mass is 10.1. The summed E-state index contributed by atoms with van der Waals surface area (Å²) in [7, 11) is 1.56. The first-order chi connectivity index (χ1) is 11.5. The first-order valence-corrected chi connectivity index (χ1v) is 7.82. The molecule has 124 valence electrons. The maximum Gasteiger partial charge on any atom is 0.368 e. The van der Waals surface area contributed by atoms with Crippen LogP contribution >= 0.6 is 11.6 Å². The van der Waals surface area contributed by atoms with Gasteiger partial charge in [0.2, 0.25) is 0 Å². The van der Waals surface area contributed by atoms with E-state index >= 15 is 0 Å². The molecule has 0 spiro atoms. The molecule has 0 amide bonds. The third-order valence-corrected chi connectivity index (χ3v) is 4.09. The van der Waals surface area contributed by atoms with Crippen molar-refractivity contribution in [1.29, 1.82) is 0 Å². The van der Waals surface area contributed by atoms with Crippen LogP contribution in [0, 0.1) is 13.8 Å². The van der Waals surface area contributed by atoms with Gasteiger partial charge in [0.05, 0.1) is 5.69 Å². The molecule has 7 heteroatoms. The number of hydrogen-bond acceptors (Lipinski definition) is 4. The van der Waals surface area contributed by atoms with Gasteiger partial charge in [-0.25, -0.2) is 4.79 Å². The highest BCUT2D eigenvalue weighted by atomic mass is 35.5. The van der Waals surface area contributed by atoms with Crippen molar-refractivity contribution in [1.82, 2.24) is 19.8 Å². The molecule has 1 aromatic heterocycles. The molecule has 2 aromatic carbocycles. The Morgan fingerprint density at radius 2 is 1.92 bits per heavy atom. The number of rotatable bonds is 4. The minimum atomic E-state index is -0.305. The molecule has 0 saturated carbocycles. The van der Waals surface area contributed by atoms with E-state index in [1.807, 2.05) is 44.2 Å². The SMILES string of the molecule is Cc1ccc(Cl)cc1OCc1c(C)cccc1-n1nnn(C)c1=O. The second-order valence-corrected chi connectivity index (χ2v) is 6.00. The van der Waals surface area contributed by atoms with Crippen LogP contribution < -0.4 is 10.4 Å². The topological polar surface area (TPSA) is 61.9 Å². The van der Waals surface area contributed by atoms with Crippen LogP contribution in [0.15, 0.2) is 41.2 Å². The fourth-order valence-corrected chi connectivity index (χ4v) is 2.58. The van der Waals surface area contributed by atoms with Crippen LogP contribution in [0.5, 0.6) is 5.75 Å². The molecule has 0 unspecified atom stereocenters. The van der Waals surface area contributed by atoms with Gasteiger partial charge in [-0.1, -0.05) is 29.8 Å². The molecule has 0 aliphatic rings. The van der Waals surface area contributed by atoms with E-state index in [2.05, 4.69) is 10.4 Å². The molecule has 0 aliphatic heterocycles. The molecule has 24 heavy (non-hydrogen) atoms. The molecule has 1 heterocycles. The van der Waals surface area contributed by atoms with Crippen LogP contribution in [0.25, 0.3) is 5.69 Å². The summed E-state index contributed by atoms with van der Waals surface area (Å²) in [6, 6.07) is 11.2. The Balaban J connectivity index is 1.98. The number of benzene rings is 2. The summed E-state index contributed by atoms with van der Waals surface area (Å²) >= 11 is 6.03. The molecule has 0 N–H and O–H groups in total. The van der Waals surface area contributed by atoms with Crippen molar-refractivity contribution in [3.05, 3.63) is 68.6 Å². The van der Waals surface area contributed by atoms with Crippen molar-refractivity contribution in [3.63, 3.8) is 0 Å². The Morgan fingerprint density at radius 1 is 1.12 bits per heavy atom. The molecular weight excluding hydrogens is 328 g/mol. The standard InChI is InChI=1S/C17H17ClN4O2/c1-11-5-4-6-15(22-17(23)21(3)19-20-22)14(11)10-24-16-9-13(18)8-7-12(16)2/h4-9H,10H2,1-3H3. The van der Waals surface area contributed by atoms with Crippen LogP contribution in [-0.4, -0.2) is 19.8 Å². The second kappa shape index (κ2) is 6.49. The maximum absolute atomic E-state index is 12.1. The lowest BCUT2D eigenvalue weighted by Gasteiger charge is -2.14. The number of aryl methyl sites for hydroxylation is 3. The molecule has 0 aliphatic carbocycles. The first-order valence-electron chi connectivity index (χ1n) is 7.44. The van der Waals surface area contributed by atoms with Crippen molar-refractivity contribution in [2.75, 3.05) is 0 Å². The van der Waals surface area contributed by atoms with Gasteiger partial charge in [-0.15, -0.1) is 0 Å². The summed E-state index contributed by atoms with van der Waals surface area (Å²) in [5.41, 5.74) is 3.23. The second-order valence-electron chi connectivity index (χ2n) is 5.57. The van der Waals surface area contributed by atoms with E-state index < -0.39 is 0 Å². The molecule has 0 atom stereocenters. The highest BCUT2D eigenvalue weighted by Gasteiger charge is 2.14. The lowest BCUT2D eigenvalue weighted by Crippen LogP contribution is -2.23. The van der Waals surface area contributed by atoms with Crippen molar-refractivity contribution in [3.8, 4) is 11.4 Å². The molecule has 0 radical (unpaired) electrons. The zero-order chi connectivity index (χ0) is 17.3. The highest BCUT2D eigenvalue weighted by molar-refractivity contribution is 6.30. The van der Waals surface area contributed by atoms with Gasteiger partial charge >= 0.3 is 5.69 Å². The zero-order valence-corrected chi connectivity index (χ0v) is 14.4. The summed E-state index contributed by atoms with van der Waals surface area (Å²) in [5.74, 6) is 0.711. The van der Waals surface area contributed by atoms with E-state index in [0.717, 1.165) is 16.7 Å². The van der Waals surface area contributed by atoms with Gasteiger partial charge < -0.3 is 4.74 Å². The largest absolute Gasteiger partial charge is 0.488 e. The number of halogens is 1. The van der Waals surface area contributed by atoms with Gasteiger partial charge in [0.1, 0.15) is 12.4 Å². The van der Waals surface area contributed by atoms with Crippen LogP contribution in [0.4, 0.5) is 0 Å². The summed E-state index contributed by atoms with van der Waals surface area (Å²) < 4.78 is 8.40. The first kappa shape index (κ1) is 16.3. The normalized spacial score (nSPS) is 10.8. The Hall–Kier alpha value is -2.60. The third kappa shape index (κ3) is 3.05. The van der Waals surface area contributed by atoms with E-state index in [0.29, 0.717) is 23.1 Å². The molecule has 0 saturated heterocycles. The molecule has 0 bridgehead atoms. The Kier molecular flexibility index (Phi) is 4.40. The average Bonchev–Trinajstić information content (AvgIpc) is 2.88. The van der Waals surface area contributed by atoms with Gasteiger partial charge in [-0.3, -0.25) is 0 Å². The number of tetrazole rings is 1. The molecule has 3 rings (SSSR count). The summed E-state index contributed by atoms with van der Waals surface area (Å²) in [6.07, 6.45) is 0. The zero-order valence-electron chi connectivity index (χ0n) is 13.7. The van der Waals surface area contributed by atoms with Gasteiger partial charge in [0.15, 0.2) is 0 Å². The number of ether oxygens (including phenoxy) is 1. The van der Waals surface area contributed by atoms with Gasteiger partial charge in [-0.2, -0.15) is 9.36 Å². The Morgan fingerprint density at radius 3 is 2.62 bits per heavy atom. The summed E-state index contributed by atoms with van der Waals surface area (Å²) in [4.78, 5) is 12.1. The summed E-state index contributed by atoms with van der Waals surface area (Å²) in [5, 5.41) is 8.30. The monoisotopic (exact) mass is 344 g/mol. The highest BCUT2D eigenvalue weighted by Crippen LogP contribution is 2.25. The Bertz CT molecular complexity index is 946. The van der Waals surface area contributed by atoms with Crippen molar-refractivity contribution < 1.29 is 4.74 Å². The van der Waals surface area contributed by atoms with Gasteiger partial charge in [0.25, 0.3) is 0 Å². The average molecular weight is 345 g/mol. The number of hydrogen-bond donors (Lipinski definition) is 0. The van der Waals surface area contributed by atoms with Crippen molar-refractivity contribution in [2.45, 2.75) is 20.5 Å². The van der Waals surface area contributed by atoms with Crippen LogP contribution in [0.2, 0.25) is 5.02 Å². The molecule has 3 aromatic rings. The van der Waals surface area contributed by atoms with Crippen molar-refractivity contribution in [2.24, 2.45) is 7.05 Å². The van der Waals surface area contributed by atoms with Crippen molar-refractivity contribution >= 4 is 11.6 Å². The smallest absolute Gasteiger partial charge is 0.368 e. The predicted molar refractivity (Wildman–Crippen MR) is 91.9 cm³/mol. The van der Waals surface area contributed by atoms with Gasteiger partial charge in [0, 0.05) is 17.6 Å². The van der Waals surface area contributed by atoms with E-state index in [1.165, 1.54) is 9.36 Å². The van der Waals surface area contributed by atoms with E-state index in [4.69, 9.17) is 16.3 Å². The number of aromatic nitrogens is 4. The van der Waals surface area contributed by atoms with Gasteiger partial charge in [-0.05, 0) is 53.6 Å². The fraction of sp³-hybridized carbons (Fsp3) is 0.235. The number of nitrogens with zero attached hydrogens (tertiary/aromatic N) is 4. The van der Waals surface area contributed by atoms with Crippen LogP contribution in [-0.2, 0) is 13.7 Å². The minimum absolute atomic E-state index is 0.298. The van der Waals surface area contributed by atoms with Crippen LogP contribution in [0.1, 0.15) is 16.7 Å². The van der Waals surface area contributed by atoms with Crippen LogP contribution in [0.3, 0.4) is 0 Å². The Labute approximate surface area is 144 Å². The quantitative estimate of drug-likeness (QED) is 0.730. The maximum atomic E-state index is 12.1. The van der Waals surface area contributed by atoms with E-state index in [9.17, 15) is 4.79 Å². The molecule has 0 fully saturated rings. The molecular formula is C17H17ClN4O2. The fourth-order valence-electron chi connectivity index (χ4n) is 2.42.